The first kappa shape index (κ1) is 14.0. The maximum absolute atomic E-state index is 5.50. The number of nitrogens with one attached hydrogen (secondary N) is 2. The van der Waals surface area contributed by atoms with Crippen LogP contribution >= 0.6 is 11.3 Å². The maximum atomic E-state index is 5.50. The van der Waals surface area contributed by atoms with Gasteiger partial charge in [-0.1, -0.05) is 13.3 Å². The van der Waals surface area contributed by atoms with E-state index in [0.29, 0.717) is 12.6 Å². The quantitative estimate of drug-likeness (QED) is 0.391. The average molecular weight is 281 g/mol. The van der Waals surface area contributed by atoms with Crippen LogP contribution < -0.4 is 16.6 Å². The normalized spacial score (nSPS) is 10.8. The number of unbranched alkanes of at least 4 members (excludes halogenated alkanes) is 1. The lowest BCUT2D eigenvalue weighted by Crippen LogP contribution is -2.14. The van der Waals surface area contributed by atoms with Crippen LogP contribution in [0.2, 0.25) is 0 Å². The van der Waals surface area contributed by atoms with Gasteiger partial charge in [-0.05, 0) is 17.9 Å². The summed E-state index contributed by atoms with van der Waals surface area (Å²) in [5.74, 6) is 6.58. The van der Waals surface area contributed by atoms with Crippen LogP contribution in [0, 0.1) is 0 Å². The number of hydrogen-bond acceptors (Lipinski definition) is 7. The molecule has 104 valence electrons. The molecule has 19 heavy (non-hydrogen) atoms. The molecule has 0 aliphatic carbocycles. The van der Waals surface area contributed by atoms with Crippen LogP contribution in [-0.4, -0.2) is 29.7 Å². The smallest absolute Gasteiger partial charge is 0.240 e. The lowest BCUT2D eigenvalue weighted by atomic mass is 10.3. The molecule has 0 radical (unpaired) electrons. The lowest BCUT2D eigenvalue weighted by Gasteiger charge is -2.08. The Morgan fingerprint density at radius 3 is 3.05 bits per heavy atom. The molecule has 4 N–H and O–H groups in total. The van der Waals surface area contributed by atoms with Crippen molar-refractivity contribution >= 4 is 33.3 Å². The highest BCUT2D eigenvalue weighted by atomic mass is 32.1. The second kappa shape index (κ2) is 7.22. The Morgan fingerprint density at radius 1 is 1.37 bits per heavy atom. The third-order valence-electron chi connectivity index (χ3n) is 2.64. The van der Waals surface area contributed by atoms with Gasteiger partial charge >= 0.3 is 0 Å². The number of fused-ring (bicyclic) bond motifs is 1. The minimum Gasteiger partial charge on any atom is -0.380 e. The van der Waals surface area contributed by atoms with Crippen molar-refractivity contribution < 1.29 is 4.74 Å². The molecule has 6 nitrogen and oxygen atoms in total. The highest BCUT2D eigenvalue weighted by Gasteiger charge is 2.07. The summed E-state index contributed by atoms with van der Waals surface area (Å²) in [7, 11) is 0. The van der Waals surface area contributed by atoms with Gasteiger partial charge in [-0.3, -0.25) is 5.43 Å². The Kier molecular flexibility index (Phi) is 5.31. The van der Waals surface area contributed by atoms with Crippen molar-refractivity contribution in [2.75, 3.05) is 30.5 Å². The van der Waals surface area contributed by atoms with Gasteiger partial charge < -0.3 is 10.1 Å². The van der Waals surface area contributed by atoms with Gasteiger partial charge in [-0.2, -0.15) is 4.98 Å². The predicted octanol–water partition coefficient (Wildman–Crippen LogP) is 2.21. The van der Waals surface area contributed by atoms with E-state index in [1.54, 1.807) is 11.3 Å². The van der Waals surface area contributed by atoms with Gasteiger partial charge in [0.05, 0.1) is 12.0 Å². The first-order valence-electron chi connectivity index (χ1n) is 6.38. The fraction of sp³-hybridized carbons (Fsp3) is 0.500. The van der Waals surface area contributed by atoms with Crippen LogP contribution in [0.5, 0.6) is 0 Å². The van der Waals surface area contributed by atoms with Crippen LogP contribution in [-0.2, 0) is 4.74 Å². The van der Waals surface area contributed by atoms with Crippen LogP contribution in [0.4, 0.5) is 11.8 Å². The number of ether oxygens (including phenoxy) is 1. The molecule has 0 aromatic carbocycles. The highest BCUT2D eigenvalue weighted by molar-refractivity contribution is 7.16. The van der Waals surface area contributed by atoms with E-state index in [2.05, 4.69) is 27.6 Å². The van der Waals surface area contributed by atoms with Crippen molar-refractivity contribution in [2.24, 2.45) is 5.84 Å². The molecule has 0 fully saturated rings. The number of nitrogens with zero attached hydrogens (tertiary/aromatic N) is 2. The number of thiophene rings is 1. The van der Waals surface area contributed by atoms with Gasteiger partial charge in [0.15, 0.2) is 0 Å². The fourth-order valence-corrected chi connectivity index (χ4v) is 2.41. The Labute approximate surface area is 116 Å². The van der Waals surface area contributed by atoms with Gasteiger partial charge in [0.25, 0.3) is 0 Å². The van der Waals surface area contributed by atoms with Crippen LogP contribution in [0.3, 0.4) is 0 Å². The second-order valence-corrected chi connectivity index (χ2v) is 4.97. The fourth-order valence-electron chi connectivity index (χ4n) is 1.64. The summed E-state index contributed by atoms with van der Waals surface area (Å²) in [6, 6.07) is 2.00. The third-order valence-corrected chi connectivity index (χ3v) is 3.44. The van der Waals surface area contributed by atoms with E-state index in [9.17, 15) is 0 Å². The Hall–Kier alpha value is -1.44. The van der Waals surface area contributed by atoms with E-state index in [0.717, 1.165) is 42.0 Å². The van der Waals surface area contributed by atoms with Crippen LogP contribution in [0.15, 0.2) is 11.4 Å². The standard InChI is InChI=1S/C12H19N5OS/c1-2-3-6-18-7-5-14-10-9-4-8-19-11(9)16-12(15-10)17-13/h4,8H,2-3,5-7,13H2,1H3,(H2,14,15,16,17). The van der Waals surface area contributed by atoms with Crippen molar-refractivity contribution in [3.63, 3.8) is 0 Å². The number of hydrazine groups is 1. The predicted molar refractivity (Wildman–Crippen MR) is 79.4 cm³/mol. The number of rotatable bonds is 8. The first-order chi connectivity index (χ1) is 9.35. The third kappa shape index (κ3) is 3.76. The molecule has 2 rings (SSSR count). The topological polar surface area (TPSA) is 85.1 Å². The minimum absolute atomic E-state index is 0.421. The van der Waals surface area contributed by atoms with E-state index in [1.807, 2.05) is 11.4 Å². The number of nitrogens with two attached hydrogens (primary N) is 1. The summed E-state index contributed by atoms with van der Waals surface area (Å²) in [6.07, 6.45) is 2.25. The molecular weight excluding hydrogens is 262 g/mol. The lowest BCUT2D eigenvalue weighted by molar-refractivity contribution is 0.141. The number of hydrogen-bond donors (Lipinski definition) is 3. The summed E-state index contributed by atoms with van der Waals surface area (Å²) in [4.78, 5) is 9.52. The molecule has 7 heteroatoms. The average Bonchev–Trinajstić information content (AvgIpc) is 2.90. The largest absolute Gasteiger partial charge is 0.380 e. The van der Waals surface area contributed by atoms with Crippen molar-refractivity contribution in [1.82, 2.24) is 9.97 Å². The molecule has 0 saturated heterocycles. The summed E-state index contributed by atoms with van der Waals surface area (Å²) in [5.41, 5.74) is 2.48. The molecule has 0 atom stereocenters. The summed E-state index contributed by atoms with van der Waals surface area (Å²) in [5, 5.41) is 6.26. The van der Waals surface area contributed by atoms with Crippen molar-refractivity contribution in [2.45, 2.75) is 19.8 Å². The van der Waals surface area contributed by atoms with E-state index in [-0.39, 0.29) is 0 Å². The SMILES string of the molecule is CCCCOCCNc1nc(NN)nc2sccc12. The second-order valence-electron chi connectivity index (χ2n) is 4.07. The summed E-state index contributed by atoms with van der Waals surface area (Å²) in [6.45, 7) is 4.35. The molecule has 2 aromatic rings. The maximum Gasteiger partial charge on any atom is 0.240 e. The molecule has 0 unspecified atom stereocenters. The van der Waals surface area contributed by atoms with Crippen LogP contribution in [0.1, 0.15) is 19.8 Å². The molecule has 2 aromatic heterocycles. The minimum atomic E-state index is 0.421. The van der Waals surface area contributed by atoms with E-state index >= 15 is 0 Å². The van der Waals surface area contributed by atoms with E-state index in [1.165, 1.54) is 0 Å². The van der Waals surface area contributed by atoms with Gasteiger partial charge in [0.1, 0.15) is 10.6 Å². The molecule has 2 heterocycles. The van der Waals surface area contributed by atoms with Crippen molar-refractivity contribution in [3.8, 4) is 0 Å². The zero-order chi connectivity index (χ0) is 13.5. The summed E-state index contributed by atoms with van der Waals surface area (Å²) < 4.78 is 5.50. The molecule has 0 amide bonds. The Bertz CT molecular complexity index is 516. The highest BCUT2D eigenvalue weighted by Crippen LogP contribution is 2.25. The molecule has 0 saturated carbocycles. The monoisotopic (exact) mass is 281 g/mol. The number of anilines is 2. The van der Waals surface area contributed by atoms with Crippen LogP contribution in [0.25, 0.3) is 10.2 Å². The number of aromatic nitrogens is 2. The molecular formula is C12H19N5OS. The summed E-state index contributed by atoms with van der Waals surface area (Å²) >= 11 is 1.56. The van der Waals surface area contributed by atoms with Crippen molar-refractivity contribution in [3.05, 3.63) is 11.4 Å². The van der Waals surface area contributed by atoms with Gasteiger partial charge in [-0.15, -0.1) is 11.3 Å². The number of nitrogen functional groups attached to an aromatic ring is 1. The zero-order valence-electron chi connectivity index (χ0n) is 11.0. The van der Waals surface area contributed by atoms with E-state index in [4.69, 9.17) is 10.6 Å². The molecule has 0 aliphatic rings. The van der Waals surface area contributed by atoms with Gasteiger partial charge in [-0.25, -0.2) is 10.8 Å². The van der Waals surface area contributed by atoms with Gasteiger partial charge in [0, 0.05) is 13.2 Å². The zero-order valence-corrected chi connectivity index (χ0v) is 11.8. The van der Waals surface area contributed by atoms with Crippen molar-refractivity contribution in [1.29, 1.82) is 0 Å². The van der Waals surface area contributed by atoms with E-state index < -0.39 is 0 Å². The Morgan fingerprint density at radius 2 is 2.26 bits per heavy atom. The van der Waals surface area contributed by atoms with Gasteiger partial charge in [0.2, 0.25) is 5.95 Å². The first-order valence-corrected chi connectivity index (χ1v) is 7.26. The molecule has 0 bridgehead atoms. The Balaban J connectivity index is 1.93. The molecule has 0 spiro atoms. The molecule has 0 aliphatic heterocycles.